The van der Waals surface area contributed by atoms with Gasteiger partial charge in [-0.15, -0.1) is 24.8 Å². The number of nitrogens with zero attached hydrogens (tertiary/aromatic N) is 2. The van der Waals surface area contributed by atoms with Crippen LogP contribution in [0.4, 0.5) is 11.6 Å². The fraction of sp³-hybridized carbons (Fsp3) is 0.231. The Kier molecular flexibility index (Phi) is 9.91. The monoisotopic (exact) mass is 465 g/mol. The zero-order chi connectivity index (χ0) is 23.3. The molecule has 0 unspecified atom stereocenters. The number of hydrogen-bond acceptors (Lipinski definition) is 6. The number of ether oxygens (including phenoxy) is 3. The van der Waals surface area contributed by atoms with Crippen LogP contribution in [0.2, 0.25) is 0 Å². The molecule has 0 radical (unpaired) electrons. The lowest BCUT2D eigenvalue weighted by Gasteiger charge is -2.12. The highest BCUT2D eigenvalue weighted by molar-refractivity contribution is 6.18. The summed E-state index contributed by atoms with van der Waals surface area (Å²) in [6, 6.07) is 15.8. The van der Waals surface area contributed by atoms with E-state index in [9.17, 15) is 0 Å². The van der Waals surface area contributed by atoms with E-state index in [0.29, 0.717) is 50.6 Å². The first-order chi connectivity index (χ1) is 16.2. The second kappa shape index (κ2) is 13.4. The zero-order valence-corrected chi connectivity index (χ0v) is 19.3. The van der Waals surface area contributed by atoms with Crippen LogP contribution < -0.4 is 10.1 Å². The molecule has 0 aliphatic heterocycles. The van der Waals surface area contributed by atoms with Gasteiger partial charge in [0.05, 0.1) is 38.0 Å². The first kappa shape index (κ1) is 24.5. The van der Waals surface area contributed by atoms with Gasteiger partial charge in [0.25, 0.3) is 0 Å². The number of halogens is 1. The fourth-order valence-corrected chi connectivity index (χ4v) is 3.18. The summed E-state index contributed by atoms with van der Waals surface area (Å²) < 4.78 is 16.9. The van der Waals surface area contributed by atoms with Gasteiger partial charge in [-0.1, -0.05) is 30.4 Å². The molecule has 7 heteroatoms. The van der Waals surface area contributed by atoms with Crippen molar-refractivity contribution in [2.75, 3.05) is 31.0 Å². The Hall–Kier alpha value is -3.19. The SMILES string of the molecule is C=CCOCc1cc(Nc2nccc(-c3cccc(COCC=C)c3)n2)cc(OCCCl)c1. The van der Waals surface area contributed by atoms with E-state index in [4.69, 9.17) is 25.8 Å². The van der Waals surface area contributed by atoms with Gasteiger partial charge in [0.1, 0.15) is 12.4 Å². The van der Waals surface area contributed by atoms with Crippen LogP contribution in [0.3, 0.4) is 0 Å². The van der Waals surface area contributed by atoms with Gasteiger partial charge in [0, 0.05) is 23.5 Å². The van der Waals surface area contributed by atoms with E-state index in [0.717, 1.165) is 28.1 Å². The maximum atomic E-state index is 5.78. The molecule has 1 N–H and O–H groups in total. The summed E-state index contributed by atoms with van der Waals surface area (Å²) in [4.78, 5) is 9.06. The van der Waals surface area contributed by atoms with Crippen molar-refractivity contribution >= 4 is 23.2 Å². The van der Waals surface area contributed by atoms with E-state index in [1.54, 1.807) is 18.3 Å². The number of aromatic nitrogens is 2. The Bertz CT molecular complexity index is 1060. The van der Waals surface area contributed by atoms with Crippen molar-refractivity contribution in [3.63, 3.8) is 0 Å². The molecular formula is C26H28ClN3O3. The number of benzene rings is 2. The minimum absolute atomic E-state index is 0.406. The van der Waals surface area contributed by atoms with Gasteiger partial charge >= 0.3 is 0 Å². The maximum Gasteiger partial charge on any atom is 0.227 e. The van der Waals surface area contributed by atoms with Gasteiger partial charge in [-0.05, 0) is 35.4 Å². The molecule has 0 saturated carbocycles. The molecule has 0 aliphatic rings. The molecule has 6 nitrogen and oxygen atoms in total. The van der Waals surface area contributed by atoms with Crippen LogP contribution in [0.5, 0.6) is 5.75 Å². The quantitative estimate of drug-likeness (QED) is 0.181. The highest BCUT2D eigenvalue weighted by Gasteiger charge is 2.07. The van der Waals surface area contributed by atoms with Crippen molar-refractivity contribution in [3.05, 3.63) is 91.2 Å². The number of rotatable bonds is 14. The van der Waals surface area contributed by atoms with Crippen molar-refractivity contribution in [1.29, 1.82) is 0 Å². The Morgan fingerprint density at radius 1 is 0.939 bits per heavy atom. The number of nitrogens with one attached hydrogen (secondary N) is 1. The summed E-state index contributed by atoms with van der Waals surface area (Å²) in [6.07, 6.45) is 5.18. The Labute approximate surface area is 199 Å². The average molecular weight is 466 g/mol. The molecule has 1 heterocycles. The predicted octanol–water partition coefficient (Wildman–Crippen LogP) is 5.91. The minimum Gasteiger partial charge on any atom is -0.492 e. The molecule has 3 rings (SSSR count). The summed E-state index contributed by atoms with van der Waals surface area (Å²) in [5.74, 6) is 1.58. The Morgan fingerprint density at radius 3 is 2.48 bits per heavy atom. The van der Waals surface area contributed by atoms with E-state index < -0.39 is 0 Å². The van der Waals surface area contributed by atoms with Crippen molar-refractivity contribution < 1.29 is 14.2 Å². The summed E-state index contributed by atoms with van der Waals surface area (Å²) in [5, 5.41) is 3.27. The smallest absolute Gasteiger partial charge is 0.227 e. The van der Waals surface area contributed by atoms with E-state index in [-0.39, 0.29) is 0 Å². The minimum atomic E-state index is 0.406. The Morgan fingerprint density at radius 2 is 1.73 bits per heavy atom. The first-order valence-corrected chi connectivity index (χ1v) is 11.1. The number of alkyl halides is 1. The molecule has 0 spiro atoms. The Balaban J connectivity index is 1.79. The third-order valence-corrected chi connectivity index (χ3v) is 4.61. The van der Waals surface area contributed by atoms with Gasteiger partial charge in [0.15, 0.2) is 0 Å². The third kappa shape index (κ3) is 8.02. The molecule has 0 saturated heterocycles. The largest absolute Gasteiger partial charge is 0.492 e. The number of hydrogen-bond donors (Lipinski definition) is 1. The van der Waals surface area contributed by atoms with Crippen LogP contribution in [-0.4, -0.2) is 35.7 Å². The summed E-state index contributed by atoms with van der Waals surface area (Å²) >= 11 is 5.78. The maximum absolute atomic E-state index is 5.78. The molecule has 0 fully saturated rings. The lowest BCUT2D eigenvalue weighted by atomic mass is 10.1. The van der Waals surface area contributed by atoms with Crippen LogP contribution in [-0.2, 0) is 22.7 Å². The third-order valence-electron chi connectivity index (χ3n) is 4.46. The van der Waals surface area contributed by atoms with Gasteiger partial charge < -0.3 is 19.5 Å². The molecule has 172 valence electrons. The molecule has 0 atom stereocenters. The summed E-state index contributed by atoms with van der Waals surface area (Å²) in [7, 11) is 0. The fourth-order valence-electron chi connectivity index (χ4n) is 3.11. The zero-order valence-electron chi connectivity index (χ0n) is 18.5. The van der Waals surface area contributed by atoms with E-state index in [2.05, 4.69) is 34.5 Å². The molecule has 0 aliphatic carbocycles. The van der Waals surface area contributed by atoms with Crippen LogP contribution in [0, 0.1) is 0 Å². The number of anilines is 2. The highest BCUT2D eigenvalue weighted by Crippen LogP contribution is 2.25. The van der Waals surface area contributed by atoms with Crippen LogP contribution >= 0.6 is 11.6 Å². The van der Waals surface area contributed by atoms with Crippen LogP contribution in [0.25, 0.3) is 11.3 Å². The van der Waals surface area contributed by atoms with Crippen molar-refractivity contribution in [1.82, 2.24) is 9.97 Å². The van der Waals surface area contributed by atoms with Gasteiger partial charge in [0.2, 0.25) is 5.95 Å². The van der Waals surface area contributed by atoms with Crippen molar-refractivity contribution in [2.45, 2.75) is 13.2 Å². The van der Waals surface area contributed by atoms with E-state index >= 15 is 0 Å². The topological polar surface area (TPSA) is 65.5 Å². The summed E-state index contributed by atoms with van der Waals surface area (Å²) in [6.45, 7) is 9.69. The average Bonchev–Trinajstić information content (AvgIpc) is 2.83. The lowest BCUT2D eigenvalue weighted by Crippen LogP contribution is -2.03. The van der Waals surface area contributed by atoms with Gasteiger partial charge in [-0.2, -0.15) is 0 Å². The van der Waals surface area contributed by atoms with Crippen molar-refractivity contribution in [2.24, 2.45) is 0 Å². The molecule has 0 amide bonds. The highest BCUT2D eigenvalue weighted by atomic mass is 35.5. The van der Waals surface area contributed by atoms with E-state index in [1.165, 1.54) is 0 Å². The van der Waals surface area contributed by atoms with Crippen molar-refractivity contribution in [3.8, 4) is 17.0 Å². The molecule has 0 bridgehead atoms. The lowest BCUT2D eigenvalue weighted by molar-refractivity contribution is 0.148. The van der Waals surface area contributed by atoms with E-state index in [1.807, 2.05) is 42.5 Å². The standard InChI is InChI=1S/C26H28ClN3O3/c1-3-11-31-18-20-6-5-7-22(14-20)25-8-10-28-26(30-25)29-23-15-21(19-32-12-4-2)16-24(17-23)33-13-9-27/h3-8,10,14-17H,1-2,9,11-13,18-19H2,(H,28,29,30). The second-order valence-electron chi connectivity index (χ2n) is 7.10. The van der Waals surface area contributed by atoms with Crippen LogP contribution in [0.15, 0.2) is 80.0 Å². The molecule has 33 heavy (non-hydrogen) atoms. The van der Waals surface area contributed by atoms with Crippen LogP contribution in [0.1, 0.15) is 11.1 Å². The molecule has 2 aromatic carbocycles. The normalized spacial score (nSPS) is 10.6. The molecule has 3 aromatic rings. The van der Waals surface area contributed by atoms with Gasteiger partial charge in [-0.3, -0.25) is 0 Å². The predicted molar refractivity (Wildman–Crippen MR) is 133 cm³/mol. The first-order valence-electron chi connectivity index (χ1n) is 10.6. The van der Waals surface area contributed by atoms with Gasteiger partial charge in [-0.25, -0.2) is 9.97 Å². The second-order valence-corrected chi connectivity index (χ2v) is 7.48. The molecular weight excluding hydrogens is 438 g/mol. The summed E-state index contributed by atoms with van der Waals surface area (Å²) in [5.41, 5.74) is 4.61. The molecule has 1 aromatic heterocycles.